The first-order valence-corrected chi connectivity index (χ1v) is 5.21. The molecule has 0 radical (unpaired) electrons. The van der Waals surface area contributed by atoms with E-state index in [1.165, 1.54) is 12.1 Å². The molecule has 0 spiro atoms. The maximum absolute atomic E-state index is 10.4. The Labute approximate surface area is 89.8 Å². The van der Waals surface area contributed by atoms with Crippen LogP contribution < -0.4 is 0 Å². The van der Waals surface area contributed by atoms with E-state index in [9.17, 15) is 15.2 Å². The minimum atomic E-state index is -0.599. The molecule has 0 fully saturated rings. The largest absolute Gasteiger partial charge is 0.502 e. The Hall–Kier alpha value is -1.10. The minimum Gasteiger partial charge on any atom is -0.502 e. The topological polar surface area (TPSA) is 63.4 Å². The van der Waals surface area contributed by atoms with Crippen LogP contribution in [0.1, 0.15) is 18.4 Å². The Balaban J connectivity index is 3.06. The Morgan fingerprint density at radius 2 is 2.29 bits per heavy atom. The molecule has 0 amide bonds. The van der Waals surface area contributed by atoms with Crippen molar-refractivity contribution < 1.29 is 10.0 Å². The summed E-state index contributed by atoms with van der Waals surface area (Å²) in [4.78, 5) is 9.81. The van der Waals surface area contributed by atoms with Gasteiger partial charge in [-0.2, -0.15) is 0 Å². The molecule has 0 heterocycles. The number of halogens is 1. The Bertz CT molecular complexity index is 354. The van der Waals surface area contributed by atoms with Crippen molar-refractivity contribution in [2.24, 2.45) is 0 Å². The van der Waals surface area contributed by atoms with Crippen molar-refractivity contribution in [3.05, 3.63) is 33.9 Å². The molecular formula is C9H10BrNO3. The zero-order valence-electron chi connectivity index (χ0n) is 7.61. The number of phenolic OH excluding ortho intramolecular Hbond substituents is 1. The maximum Gasteiger partial charge on any atom is 0.310 e. The second-order valence-corrected chi connectivity index (χ2v) is 3.71. The molecule has 4 nitrogen and oxygen atoms in total. The molecule has 0 saturated heterocycles. The first-order chi connectivity index (χ1) is 6.56. The number of aromatic hydroxyl groups is 1. The van der Waals surface area contributed by atoms with Gasteiger partial charge < -0.3 is 5.11 Å². The van der Waals surface area contributed by atoms with Crippen LogP contribution in [0.15, 0.2) is 18.2 Å². The second kappa shape index (κ2) is 4.41. The van der Waals surface area contributed by atoms with Gasteiger partial charge in [0.1, 0.15) is 0 Å². The number of rotatable bonds is 3. The van der Waals surface area contributed by atoms with E-state index in [2.05, 4.69) is 15.9 Å². The van der Waals surface area contributed by atoms with Crippen molar-refractivity contribution in [3.63, 3.8) is 0 Å². The molecule has 0 aliphatic heterocycles. The molecule has 1 aromatic carbocycles. The van der Waals surface area contributed by atoms with E-state index in [-0.39, 0.29) is 17.4 Å². The molecule has 1 N–H and O–H groups in total. The average Bonchev–Trinajstić information content (AvgIpc) is 2.15. The van der Waals surface area contributed by atoms with Crippen LogP contribution in [0, 0.1) is 10.1 Å². The number of benzene rings is 1. The molecule has 1 aromatic rings. The number of alkyl halides is 1. The first-order valence-electron chi connectivity index (χ1n) is 4.09. The van der Waals surface area contributed by atoms with Gasteiger partial charge >= 0.3 is 5.69 Å². The van der Waals surface area contributed by atoms with Crippen molar-refractivity contribution in [1.29, 1.82) is 0 Å². The minimum absolute atomic E-state index is 0.224. The van der Waals surface area contributed by atoms with Gasteiger partial charge in [0.15, 0.2) is 5.75 Å². The number of nitro benzene ring substituents is 1. The van der Waals surface area contributed by atoms with Crippen LogP contribution in [-0.2, 0) is 0 Å². The second-order valence-electron chi connectivity index (χ2n) is 3.06. The van der Waals surface area contributed by atoms with Crippen LogP contribution in [0.2, 0.25) is 0 Å². The van der Waals surface area contributed by atoms with Crippen LogP contribution in [-0.4, -0.2) is 15.4 Å². The molecule has 0 aliphatic rings. The predicted octanol–water partition coefficient (Wildman–Crippen LogP) is 2.80. The van der Waals surface area contributed by atoms with E-state index in [1.54, 1.807) is 6.07 Å². The zero-order valence-corrected chi connectivity index (χ0v) is 9.19. The van der Waals surface area contributed by atoms with Crippen LogP contribution in [0.3, 0.4) is 0 Å². The summed E-state index contributed by atoms with van der Waals surface area (Å²) in [5, 5.41) is 20.5. The van der Waals surface area contributed by atoms with Gasteiger partial charge in [0, 0.05) is 11.4 Å². The van der Waals surface area contributed by atoms with E-state index in [0.717, 1.165) is 10.9 Å². The Morgan fingerprint density at radius 3 is 2.71 bits per heavy atom. The van der Waals surface area contributed by atoms with Crippen molar-refractivity contribution in [2.75, 3.05) is 5.33 Å². The quantitative estimate of drug-likeness (QED) is 0.516. The SMILES string of the molecule is CC(CBr)c1ccc([N+](=O)[O-])c(O)c1. The van der Waals surface area contributed by atoms with Crippen LogP contribution in [0.25, 0.3) is 0 Å². The third-order valence-corrected chi connectivity index (χ3v) is 2.97. The van der Waals surface area contributed by atoms with Crippen molar-refractivity contribution in [3.8, 4) is 5.75 Å². The molecule has 5 heteroatoms. The lowest BCUT2D eigenvalue weighted by atomic mass is 10.0. The highest BCUT2D eigenvalue weighted by Crippen LogP contribution is 2.29. The van der Waals surface area contributed by atoms with E-state index in [1.807, 2.05) is 6.92 Å². The highest BCUT2D eigenvalue weighted by Gasteiger charge is 2.14. The number of nitro groups is 1. The monoisotopic (exact) mass is 259 g/mol. The van der Waals surface area contributed by atoms with Gasteiger partial charge in [-0.3, -0.25) is 10.1 Å². The van der Waals surface area contributed by atoms with E-state index in [4.69, 9.17) is 0 Å². The Kier molecular flexibility index (Phi) is 3.46. The lowest BCUT2D eigenvalue weighted by Gasteiger charge is -2.07. The number of hydrogen-bond donors (Lipinski definition) is 1. The lowest BCUT2D eigenvalue weighted by molar-refractivity contribution is -0.385. The van der Waals surface area contributed by atoms with Gasteiger partial charge in [0.25, 0.3) is 0 Å². The van der Waals surface area contributed by atoms with Gasteiger partial charge in [0.05, 0.1) is 4.92 Å². The standard InChI is InChI=1S/C9H10BrNO3/c1-6(5-10)7-2-3-8(11(13)14)9(12)4-7/h2-4,6,12H,5H2,1H3. The summed E-state index contributed by atoms with van der Waals surface area (Å²) in [6, 6.07) is 4.41. The fraction of sp³-hybridized carbons (Fsp3) is 0.333. The van der Waals surface area contributed by atoms with E-state index < -0.39 is 4.92 Å². The number of phenols is 1. The molecule has 0 bridgehead atoms. The summed E-state index contributed by atoms with van der Waals surface area (Å²) in [5.74, 6) is -0.0537. The molecule has 0 saturated carbocycles. The lowest BCUT2D eigenvalue weighted by Crippen LogP contribution is -1.95. The summed E-state index contributed by atoms with van der Waals surface area (Å²) < 4.78 is 0. The molecule has 1 atom stereocenters. The molecule has 0 aromatic heterocycles. The summed E-state index contributed by atoms with van der Waals surface area (Å²) >= 11 is 3.31. The molecule has 76 valence electrons. The van der Waals surface area contributed by atoms with Crippen molar-refractivity contribution >= 4 is 21.6 Å². The number of nitrogens with zero attached hydrogens (tertiary/aromatic N) is 1. The van der Waals surface area contributed by atoms with Crippen LogP contribution >= 0.6 is 15.9 Å². The van der Waals surface area contributed by atoms with Gasteiger partial charge in [-0.25, -0.2) is 0 Å². The fourth-order valence-corrected chi connectivity index (χ4v) is 1.46. The fourth-order valence-electron chi connectivity index (χ4n) is 1.09. The highest BCUT2D eigenvalue weighted by atomic mass is 79.9. The van der Waals surface area contributed by atoms with Crippen LogP contribution in [0.4, 0.5) is 5.69 Å². The van der Waals surface area contributed by atoms with Crippen molar-refractivity contribution in [1.82, 2.24) is 0 Å². The summed E-state index contributed by atoms with van der Waals surface area (Å²) in [5.41, 5.74) is 0.625. The summed E-state index contributed by atoms with van der Waals surface area (Å²) in [7, 11) is 0. The smallest absolute Gasteiger partial charge is 0.310 e. The van der Waals surface area contributed by atoms with Gasteiger partial charge in [0.2, 0.25) is 0 Å². The number of hydrogen-bond acceptors (Lipinski definition) is 3. The molecule has 0 aliphatic carbocycles. The third kappa shape index (κ3) is 2.23. The molecular weight excluding hydrogens is 250 g/mol. The summed E-state index contributed by atoms with van der Waals surface area (Å²) in [6.07, 6.45) is 0. The molecule has 1 rings (SSSR count). The normalized spacial score (nSPS) is 12.4. The molecule has 1 unspecified atom stereocenters. The Morgan fingerprint density at radius 1 is 1.64 bits per heavy atom. The molecule has 14 heavy (non-hydrogen) atoms. The summed E-state index contributed by atoms with van der Waals surface area (Å²) in [6.45, 7) is 1.97. The predicted molar refractivity (Wildman–Crippen MR) is 57.0 cm³/mol. The van der Waals surface area contributed by atoms with Crippen LogP contribution in [0.5, 0.6) is 5.75 Å². The van der Waals surface area contributed by atoms with Gasteiger partial charge in [-0.1, -0.05) is 28.9 Å². The maximum atomic E-state index is 10.4. The first kappa shape index (κ1) is 11.0. The average molecular weight is 260 g/mol. The highest BCUT2D eigenvalue weighted by molar-refractivity contribution is 9.09. The van der Waals surface area contributed by atoms with Gasteiger partial charge in [-0.15, -0.1) is 0 Å². The third-order valence-electron chi connectivity index (χ3n) is 2.00. The van der Waals surface area contributed by atoms with E-state index >= 15 is 0 Å². The van der Waals surface area contributed by atoms with Gasteiger partial charge in [-0.05, 0) is 17.5 Å². The zero-order chi connectivity index (χ0) is 10.7. The van der Waals surface area contributed by atoms with E-state index in [0.29, 0.717) is 0 Å². The van der Waals surface area contributed by atoms with Crippen molar-refractivity contribution in [2.45, 2.75) is 12.8 Å².